The van der Waals surface area contributed by atoms with E-state index in [0.29, 0.717) is 19.6 Å². The molecule has 0 bridgehead atoms. The maximum absolute atomic E-state index is 11.9. The molecule has 22 heavy (non-hydrogen) atoms. The first kappa shape index (κ1) is 17.0. The molecule has 1 fully saturated rings. The van der Waals surface area contributed by atoms with Gasteiger partial charge in [-0.1, -0.05) is 49.6 Å². The Bertz CT molecular complexity index is 408. The molecule has 2 rings (SSSR count). The first-order chi connectivity index (χ1) is 10.8. The fourth-order valence-corrected chi connectivity index (χ4v) is 2.86. The van der Waals surface area contributed by atoms with E-state index in [0.717, 1.165) is 19.3 Å². The second-order valence-electron chi connectivity index (χ2n) is 6.10. The van der Waals surface area contributed by atoms with Gasteiger partial charge in [0, 0.05) is 13.0 Å². The van der Waals surface area contributed by atoms with Gasteiger partial charge in [-0.05, 0) is 37.7 Å². The standard InChI is InChI=1S/C19H28O3/c20-19(22-18-12-7-2-1-3-8-13-18)14-9-15-21-16-17-10-5-4-6-11-17/h4-6,10-11,18H,1-3,7-9,12-16H2. The molecule has 1 aliphatic carbocycles. The van der Waals surface area contributed by atoms with Crippen LogP contribution in [0.25, 0.3) is 0 Å². The molecule has 1 saturated carbocycles. The molecule has 3 heteroatoms. The Kier molecular flexibility index (Phi) is 8.03. The molecule has 1 aliphatic rings. The fourth-order valence-electron chi connectivity index (χ4n) is 2.86. The van der Waals surface area contributed by atoms with E-state index in [1.807, 2.05) is 30.3 Å². The summed E-state index contributed by atoms with van der Waals surface area (Å²) < 4.78 is 11.2. The summed E-state index contributed by atoms with van der Waals surface area (Å²) >= 11 is 0. The van der Waals surface area contributed by atoms with E-state index in [1.165, 1.54) is 37.7 Å². The number of rotatable bonds is 7. The highest BCUT2D eigenvalue weighted by Gasteiger charge is 2.15. The Hall–Kier alpha value is -1.35. The van der Waals surface area contributed by atoms with Crippen LogP contribution >= 0.6 is 0 Å². The number of ether oxygens (including phenoxy) is 2. The molecule has 0 heterocycles. The van der Waals surface area contributed by atoms with Crippen molar-refractivity contribution in [2.75, 3.05) is 6.61 Å². The lowest BCUT2D eigenvalue weighted by molar-refractivity contribution is -0.150. The summed E-state index contributed by atoms with van der Waals surface area (Å²) in [5.41, 5.74) is 1.17. The lowest BCUT2D eigenvalue weighted by Gasteiger charge is -2.20. The number of carbonyl (C=O) groups is 1. The summed E-state index contributed by atoms with van der Waals surface area (Å²) in [6, 6.07) is 10.1. The third-order valence-electron chi connectivity index (χ3n) is 4.13. The average Bonchev–Trinajstić information content (AvgIpc) is 2.50. The minimum atomic E-state index is -0.0612. The van der Waals surface area contributed by atoms with Gasteiger partial charge < -0.3 is 9.47 Å². The predicted molar refractivity (Wildman–Crippen MR) is 87.5 cm³/mol. The largest absolute Gasteiger partial charge is 0.462 e. The third kappa shape index (κ3) is 7.08. The molecule has 1 aromatic carbocycles. The average molecular weight is 304 g/mol. The van der Waals surface area contributed by atoms with Gasteiger partial charge in [-0.15, -0.1) is 0 Å². The Balaban J connectivity index is 1.53. The molecular weight excluding hydrogens is 276 g/mol. The smallest absolute Gasteiger partial charge is 0.306 e. The fraction of sp³-hybridized carbons (Fsp3) is 0.632. The van der Waals surface area contributed by atoms with Gasteiger partial charge in [0.2, 0.25) is 0 Å². The SMILES string of the molecule is O=C(CCCOCc1ccccc1)OC1CCCCCCC1. The zero-order valence-corrected chi connectivity index (χ0v) is 13.5. The molecule has 0 saturated heterocycles. The summed E-state index contributed by atoms with van der Waals surface area (Å²) in [6.07, 6.45) is 9.70. The quantitative estimate of drug-likeness (QED) is 0.544. The minimum absolute atomic E-state index is 0.0612. The molecule has 0 atom stereocenters. The van der Waals surface area contributed by atoms with Crippen molar-refractivity contribution in [2.45, 2.75) is 70.5 Å². The van der Waals surface area contributed by atoms with Crippen molar-refractivity contribution in [1.29, 1.82) is 0 Å². The number of benzene rings is 1. The van der Waals surface area contributed by atoms with E-state index in [-0.39, 0.29) is 12.1 Å². The highest BCUT2D eigenvalue weighted by atomic mass is 16.5. The van der Waals surface area contributed by atoms with Crippen LogP contribution in [0.1, 0.15) is 63.4 Å². The van der Waals surface area contributed by atoms with Crippen molar-refractivity contribution in [2.24, 2.45) is 0 Å². The molecule has 0 radical (unpaired) electrons. The molecule has 1 aromatic rings. The molecule has 0 aliphatic heterocycles. The molecule has 0 spiro atoms. The monoisotopic (exact) mass is 304 g/mol. The van der Waals surface area contributed by atoms with Crippen LogP contribution in [0, 0.1) is 0 Å². The van der Waals surface area contributed by atoms with E-state index in [9.17, 15) is 4.79 Å². The topological polar surface area (TPSA) is 35.5 Å². The third-order valence-corrected chi connectivity index (χ3v) is 4.13. The van der Waals surface area contributed by atoms with Gasteiger partial charge in [0.05, 0.1) is 6.61 Å². The zero-order valence-electron chi connectivity index (χ0n) is 13.5. The van der Waals surface area contributed by atoms with Crippen molar-refractivity contribution < 1.29 is 14.3 Å². The minimum Gasteiger partial charge on any atom is -0.462 e. The number of carbonyl (C=O) groups excluding carboxylic acids is 1. The van der Waals surface area contributed by atoms with Crippen LogP contribution in [0.2, 0.25) is 0 Å². The summed E-state index contributed by atoms with van der Waals surface area (Å²) in [4.78, 5) is 11.9. The van der Waals surface area contributed by atoms with Gasteiger partial charge in [0.25, 0.3) is 0 Å². The van der Waals surface area contributed by atoms with Crippen LogP contribution < -0.4 is 0 Å². The first-order valence-corrected chi connectivity index (χ1v) is 8.66. The maximum atomic E-state index is 11.9. The Labute approximate surface area is 134 Å². The number of hydrogen-bond donors (Lipinski definition) is 0. The van der Waals surface area contributed by atoms with E-state index >= 15 is 0 Å². The van der Waals surface area contributed by atoms with E-state index in [1.54, 1.807) is 0 Å². The summed E-state index contributed by atoms with van der Waals surface area (Å²) in [5, 5.41) is 0. The van der Waals surface area contributed by atoms with Gasteiger partial charge in [-0.3, -0.25) is 4.79 Å². The van der Waals surface area contributed by atoms with Crippen molar-refractivity contribution >= 4 is 5.97 Å². The van der Waals surface area contributed by atoms with E-state index < -0.39 is 0 Å². The van der Waals surface area contributed by atoms with Crippen molar-refractivity contribution in [3.05, 3.63) is 35.9 Å². The van der Waals surface area contributed by atoms with Gasteiger partial charge in [-0.2, -0.15) is 0 Å². The van der Waals surface area contributed by atoms with Gasteiger partial charge >= 0.3 is 5.97 Å². The second kappa shape index (κ2) is 10.4. The number of hydrogen-bond acceptors (Lipinski definition) is 3. The molecule has 0 aromatic heterocycles. The van der Waals surface area contributed by atoms with Crippen LogP contribution in [-0.2, 0) is 20.9 Å². The Morgan fingerprint density at radius 1 is 1.00 bits per heavy atom. The van der Waals surface area contributed by atoms with Crippen LogP contribution in [0.5, 0.6) is 0 Å². The summed E-state index contributed by atoms with van der Waals surface area (Å²) in [5.74, 6) is -0.0612. The van der Waals surface area contributed by atoms with Gasteiger partial charge in [0.1, 0.15) is 6.10 Å². The van der Waals surface area contributed by atoms with Crippen LogP contribution in [0.4, 0.5) is 0 Å². The van der Waals surface area contributed by atoms with Crippen molar-refractivity contribution in [1.82, 2.24) is 0 Å². The van der Waals surface area contributed by atoms with Crippen LogP contribution in [-0.4, -0.2) is 18.7 Å². The van der Waals surface area contributed by atoms with Crippen LogP contribution in [0.15, 0.2) is 30.3 Å². The Morgan fingerprint density at radius 2 is 1.68 bits per heavy atom. The lowest BCUT2D eigenvalue weighted by Crippen LogP contribution is -2.19. The van der Waals surface area contributed by atoms with Crippen molar-refractivity contribution in [3.63, 3.8) is 0 Å². The molecule has 0 amide bonds. The molecule has 3 nitrogen and oxygen atoms in total. The van der Waals surface area contributed by atoms with Gasteiger partial charge in [0.15, 0.2) is 0 Å². The highest BCUT2D eigenvalue weighted by Crippen LogP contribution is 2.20. The molecule has 122 valence electrons. The zero-order chi connectivity index (χ0) is 15.5. The summed E-state index contributed by atoms with van der Waals surface area (Å²) in [6.45, 7) is 1.22. The van der Waals surface area contributed by atoms with Gasteiger partial charge in [-0.25, -0.2) is 0 Å². The maximum Gasteiger partial charge on any atom is 0.306 e. The van der Waals surface area contributed by atoms with E-state index in [2.05, 4.69) is 0 Å². The lowest BCUT2D eigenvalue weighted by atomic mass is 9.98. The van der Waals surface area contributed by atoms with E-state index in [4.69, 9.17) is 9.47 Å². The van der Waals surface area contributed by atoms with Crippen LogP contribution in [0.3, 0.4) is 0 Å². The normalized spacial score (nSPS) is 16.7. The predicted octanol–water partition coefficient (Wildman–Crippen LogP) is 4.64. The molecule has 0 N–H and O–H groups in total. The molecule has 0 unspecified atom stereocenters. The Morgan fingerprint density at radius 3 is 2.41 bits per heavy atom. The molecular formula is C19H28O3. The first-order valence-electron chi connectivity index (χ1n) is 8.66. The number of esters is 1. The highest BCUT2D eigenvalue weighted by molar-refractivity contribution is 5.69. The summed E-state index contributed by atoms with van der Waals surface area (Å²) in [7, 11) is 0. The van der Waals surface area contributed by atoms with Crippen molar-refractivity contribution in [3.8, 4) is 0 Å². The second-order valence-corrected chi connectivity index (χ2v) is 6.10.